The molecule has 0 radical (unpaired) electrons. The fourth-order valence-electron chi connectivity index (χ4n) is 2.70. The van der Waals surface area contributed by atoms with Crippen molar-refractivity contribution in [1.29, 1.82) is 0 Å². The number of rotatable bonds is 4. The molecule has 1 amide bonds. The number of anilines is 1. The molecule has 0 fully saturated rings. The van der Waals surface area contributed by atoms with Crippen molar-refractivity contribution >= 4 is 17.4 Å². The summed E-state index contributed by atoms with van der Waals surface area (Å²) in [5, 5.41) is 20.6. The van der Waals surface area contributed by atoms with Gasteiger partial charge < -0.3 is 10.4 Å². The maximum atomic E-state index is 12.7. The van der Waals surface area contributed by atoms with E-state index in [4.69, 9.17) is 0 Å². The van der Waals surface area contributed by atoms with Gasteiger partial charge in [-0.3, -0.25) is 4.79 Å². The van der Waals surface area contributed by atoms with Crippen LogP contribution in [0.3, 0.4) is 0 Å². The Bertz CT molecular complexity index is 1080. The first-order valence-corrected chi connectivity index (χ1v) is 8.02. The van der Waals surface area contributed by atoms with E-state index in [1.54, 1.807) is 33.7 Å². The van der Waals surface area contributed by atoms with E-state index >= 15 is 0 Å². The molecule has 3 aromatic heterocycles. The smallest absolute Gasteiger partial charge is 0.262 e. The van der Waals surface area contributed by atoms with Gasteiger partial charge in [-0.2, -0.15) is 10.2 Å². The predicted molar refractivity (Wildman–Crippen MR) is 95.2 cm³/mol. The lowest BCUT2D eigenvalue weighted by molar-refractivity contribution is 0.102. The predicted octanol–water partition coefficient (Wildman–Crippen LogP) is 1.97. The number of aliphatic hydroxyl groups is 1. The second-order valence-electron chi connectivity index (χ2n) is 5.81. The molecule has 0 saturated heterocycles. The standard InChI is InChI=1S/C18H16N6O2/c1-12-9-16(24(22-12)14-5-3-13(11-25)4-6-14)21-18(26)15-10-20-23-8-2-7-19-17(15)23/h2-10,25H,11H2,1H3,(H,21,26). The number of aryl methyl sites for hydroxylation is 1. The van der Waals surface area contributed by atoms with Crippen molar-refractivity contribution in [2.75, 3.05) is 5.32 Å². The second kappa shape index (κ2) is 6.41. The fourth-order valence-corrected chi connectivity index (χ4v) is 2.70. The number of nitrogens with one attached hydrogen (secondary N) is 1. The first kappa shape index (κ1) is 16.0. The lowest BCUT2D eigenvalue weighted by atomic mass is 10.2. The molecular weight excluding hydrogens is 332 g/mol. The zero-order valence-electron chi connectivity index (χ0n) is 14.0. The third-order valence-corrected chi connectivity index (χ3v) is 3.96. The van der Waals surface area contributed by atoms with Crippen LogP contribution in [0.25, 0.3) is 11.3 Å². The molecule has 0 aliphatic carbocycles. The first-order chi connectivity index (χ1) is 12.7. The minimum Gasteiger partial charge on any atom is -0.392 e. The Balaban J connectivity index is 1.67. The van der Waals surface area contributed by atoms with Crippen LogP contribution in [0, 0.1) is 6.92 Å². The molecule has 3 heterocycles. The summed E-state index contributed by atoms with van der Waals surface area (Å²) in [4.78, 5) is 16.9. The van der Waals surface area contributed by atoms with Crippen molar-refractivity contribution in [3.05, 3.63) is 71.8 Å². The van der Waals surface area contributed by atoms with Crippen LogP contribution in [0.2, 0.25) is 0 Å². The molecule has 26 heavy (non-hydrogen) atoms. The average Bonchev–Trinajstić information content (AvgIpc) is 3.25. The number of amides is 1. The monoisotopic (exact) mass is 348 g/mol. The first-order valence-electron chi connectivity index (χ1n) is 8.02. The van der Waals surface area contributed by atoms with E-state index in [9.17, 15) is 9.90 Å². The molecule has 4 rings (SSSR count). The normalized spacial score (nSPS) is 11.0. The Kier molecular flexibility index (Phi) is 3.94. The highest BCUT2D eigenvalue weighted by molar-refractivity contribution is 6.07. The highest BCUT2D eigenvalue weighted by Gasteiger charge is 2.17. The molecule has 8 nitrogen and oxygen atoms in total. The van der Waals surface area contributed by atoms with Gasteiger partial charge in [-0.15, -0.1) is 0 Å². The van der Waals surface area contributed by atoms with Gasteiger partial charge >= 0.3 is 0 Å². The van der Waals surface area contributed by atoms with E-state index in [-0.39, 0.29) is 12.5 Å². The summed E-state index contributed by atoms with van der Waals surface area (Å²) in [7, 11) is 0. The van der Waals surface area contributed by atoms with Crippen LogP contribution in [0.5, 0.6) is 0 Å². The SMILES string of the molecule is Cc1cc(NC(=O)c2cnn3cccnc23)n(-c2ccc(CO)cc2)n1. The van der Waals surface area contributed by atoms with Crippen molar-refractivity contribution < 1.29 is 9.90 Å². The molecule has 1 aromatic carbocycles. The molecule has 0 saturated carbocycles. The van der Waals surface area contributed by atoms with Crippen LogP contribution in [0.15, 0.2) is 55.0 Å². The van der Waals surface area contributed by atoms with E-state index in [0.717, 1.165) is 16.9 Å². The van der Waals surface area contributed by atoms with Gasteiger partial charge in [0.15, 0.2) is 5.65 Å². The topological polar surface area (TPSA) is 97.3 Å². The molecule has 0 bridgehead atoms. The molecule has 0 aliphatic heterocycles. The minimum absolute atomic E-state index is 0.0241. The van der Waals surface area contributed by atoms with Crippen LogP contribution in [-0.4, -0.2) is 35.4 Å². The van der Waals surface area contributed by atoms with Gasteiger partial charge in [-0.25, -0.2) is 14.2 Å². The van der Waals surface area contributed by atoms with E-state index in [1.807, 2.05) is 31.2 Å². The second-order valence-corrected chi connectivity index (χ2v) is 5.81. The molecule has 2 N–H and O–H groups in total. The third kappa shape index (κ3) is 2.82. The van der Waals surface area contributed by atoms with E-state index in [2.05, 4.69) is 20.5 Å². The Hall–Kier alpha value is -3.52. The summed E-state index contributed by atoms with van der Waals surface area (Å²) in [5.74, 6) is 0.228. The number of hydrogen-bond acceptors (Lipinski definition) is 5. The zero-order chi connectivity index (χ0) is 18.1. The van der Waals surface area contributed by atoms with Crippen molar-refractivity contribution in [2.24, 2.45) is 0 Å². The van der Waals surface area contributed by atoms with Crippen LogP contribution in [-0.2, 0) is 6.61 Å². The van der Waals surface area contributed by atoms with Gasteiger partial charge in [-0.1, -0.05) is 12.1 Å². The average molecular weight is 348 g/mol. The van der Waals surface area contributed by atoms with Crippen LogP contribution >= 0.6 is 0 Å². The zero-order valence-corrected chi connectivity index (χ0v) is 14.0. The Labute approximate surface area is 148 Å². The highest BCUT2D eigenvalue weighted by atomic mass is 16.3. The van der Waals surface area contributed by atoms with Gasteiger partial charge in [-0.05, 0) is 30.7 Å². The molecule has 8 heteroatoms. The maximum absolute atomic E-state index is 12.7. The van der Waals surface area contributed by atoms with Crippen molar-refractivity contribution in [3.63, 3.8) is 0 Å². The largest absolute Gasteiger partial charge is 0.392 e. The summed E-state index contributed by atoms with van der Waals surface area (Å²) in [6.45, 7) is 1.83. The number of benzene rings is 1. The van der Waals surface area contributed by atoms with Gasteiger partial charge in [0.2, 0.25) is 0 Å². The van der Waals surface area contributed by atoms with Crippen molar-refractivity contribution in [1.82, 2.24) is 24.4 Å². The highest BCUT2D eigenvalue weighted by Crippen LogP contribution is 2.19. The summed E-state index contributed by atoms with van der Waals surface area (Å²) >= 11 is 0. The number of carbonyl (C=O) groups excluding carboxylic acids is 1. The summed E-state index contributed by atoms with van der Waals surface area (Å²) in [5.41, 5.74) is 3.22. The molecular formula is C18H16N6O2. The summed E-state index contributed by atoms with van der Waals surface area (Å²) < 4.78 is 3.19. The number of aliphatic hydroxyl groups excluding tert-OH is 1. The molecule has 0 unspecified atom stereocenters. The van der Waals surface area contributed by atoms with Gasteiger partial charge in [0, 0.05) is 18.5 Å². The van der Waals surface area contributed by atoms with Crippen molar-refractivity contribution in [3.8, 4) is 5.69 Å². The Morgan fingerprint density at radius 1 is 1.27 bits per heavy atom. The molecule has 0 spiro atoms. The number of carbonyl (C=O) groups is 1. The number of fused-ring (bicyclic) bond motifs is 1. The molecule has 0 aliphatic rings. The lowest BCUT2D eigenvalue weighted by Gasteiger charge is -2.09. The molecule has 4 aromatic rings. The Morgan fingerprint density at radius 2 is 2.08 bits per heavy atom. The number of nitrogens with zero attached hydrogens (tertiary/aromatic N) is 5. The fraction of sp³-hybridized carbons (Fsp3) is 0.111. The van der Waals surface area contributed by atoms with Crippen molar-refractivity contribution in [2.45, 2.75) is 13.5 Å². The van der Waals surface area contributed by atoms with Crippen LogP contribution in [0.4, 0.5) is 5.82 Å². The number of aromatic nitrogens is 5. The van der Waals surface area contributed by atoms with Crippen LogP contribution < -0.4 is 5.32 Å². The molecule has 130 valence electrons. The minimum atomic E-state index is -0.313. The number of hydrogen-bond donors (Lipinski definition) is 2. The summed E-state index contributed by atoms with van der Waals surface area (Å²) in [6.07, 6.45) is 4.84. The molecule has 0 atom stereocenters. The van der Waals surface area contributed by atoms with E-state index in [1.165, 1.54) is 6.20 Å². The quantitative estimate of drug-likeness (QED) is 0.588. The maximum Gasteiger partial charge on any atom is 0.262 e. The van der Waals surface area contributed by atoms with Gasteiger partial charge in [0.25, 0.3) is 5.91 Å². The van der Waals surface area contributed by atoms with E-state index in [0.29, 0.717) is 17.0 Å². The summed E-state index contributed by atoms with van der Waals surface area (Å²) in [6, 6.07) is 10.8. The lowest BCUT2D eigenvalue weighted by Crippen LogP contribution is -2.15. The third-order valence-electron chi connectivity index (χ3n) is 3.96. The van der Waals surface area contributed by atoms with Gasteiger partial charge in [0.05, 0.1) is 24.2 Å². The van der Waals surface area contributed by atoms with Crippen LogP contribution in [0.1, 0.15) is 21.6 Å². The van der Waals surface area contributed by atoms with E-state index < -0.39 is 0 Å². The van der Waals surface area contributed by atoms with Gasteiger partial charge in [0.1, 0.15) is 11.4 Å². The Morgan fingerprint density at radius 3 is 2.85 bits per heavy atom.